The minimum absolute atomic E-state index is 0.113. The number of fused-ring (bicyclic) bond motifs is 5. The average Bonchev–Trinajstić information content (AvgIpc) is 2.85. The molecule has 0 radical (unpaired) electrons. The summed E-state index contributed by atoms with van der Waals surface area (Å²) in [6.45, 7) is 6.36. The number of hydroxylamine groups is 2. The topological polar surface area (TPSA) is 75.8 Å². The summed E-state index contributed by atoms with van der Waals surface area (Å²) in [6.07, 6.45) is 0.457. The zero-order valence-electron chi connectivity index (χ0n) is 17.0. The smallest absolute Gasteiger partial charge is 0.407 e. The van der Waals surface area contributed by atoms with Crippen molar-refractivity contribution < 1.29 is 19.1 Å². The first-order valence-electron chi connectivity index (χ1n) is 9.61. The number of halogens is 1. The molecule has 2 atom stereocenters. The molecule has 29 heavy (non-hydrogen) atoms. The summed E-state index contributed by atoms with van der Waals surface area (Å²) in [5.74, 6) is 2.11. The fourth-order valence-corrected chi connectivity index (χ4v) is 5.28. The van der Waals surface area contributed by atoms with Crippen molar-refractivity contribution in [2.75, 3.05) is 25.3 Å². The van der Waals surface area contributed by atoms with E-state index < -0.39 is 11.7 Å². The van der Waals surface area contributed by atoms with E-state index in [9.17, 15) is 4.79 Å². The molecule has 1 saturated heterocycles. The van der Waals surface area contributed by atoms with E-state index in [0.717, 1.165) is 45.5 Å². The van der Waals surface area contributed by atoms with Gasteiger partial charge in [-0.3, -0.25) is 4.84 Å². The lowest BCUT2D eigenvalue weighted by Gasteiger charge is -2.37. The minimum Gasteiger partial charge on any atom is -0.496 e. The van der Waals surface area contributed by atoms with E-state index in [4.69, 9.17) is 14.3 Å². The van der Waals surface area contributed by atoms with Crippen molar-refractivity contribution in [1.82, 2.24) is 15.4 Å². The molecule has 1 aromatic carbocycles. The predicted octanol–water partition coefficient (Wildman–Crippen LogP) is 4.37. The molecule has 0 spiro atoms. The Bertz CT molecular complexity index is 927. The molecule has 0 unspecified atom stereocenters. The number of amides is 1. The Labute approximate surface area is 182 Å². The summed E-state index contributed by atoms with van der Waals surface area (Å²) >= 11 is 5.23. The van der Waals surface area contributed by atoms with Gasteiger partial charge in [0.2, 0.25) is 0 Å². The third kappa shape index (κ3) is 4.23. The van der Waals surface area contributed by atoms with Crippen molar-refractivity contribution in [1.29, 1.82) is 0 Å². The third-order valence-electron chi connectivity index (χ3n) is 5.08. The maximum atomic E-state index is 12.5. The Balaban J connectivity index is 1.72. The van der Waals surface area contributed by atoms with E-state index in [-0.39, 0.29) is 12.1 Å². The van der Waals surface area contributed by atoms with Gasteiger partial charge in [0.05, 0.1) is 23.7 Å². The first-order valence-corrected chi connectivity index (χ1v) is 11.6. The van der Waals surface area contributed by atoms with E-state index in [1.807, 2.05) is 31.9 Å². The molecule has 0 saturated carbocycles. The van der Waals surface area contributed by atoms with Gasteiger partial charge < -0.3 is 19.8 Å². The zero-order valence-corrected chi connectivity index (χ0v) is 19.4. The third-order valence-corrected chi connectivity index (χ3v) is 6.57. The number of H-pyrrole nitrogens is 1. The number of benzene rings is 1. The van der Waals surface area contributed by atoms with Crippen LogP contribution in [0.2, 0.25) is 0 Å². The van der Waals surface area contributed by atoms with Crippen molar-refractivity contribution in [3.05, 3.63) is 27.9 Å². The molecular weight excluding hydrogens is 458 g/mol. The first-order chi connectivity index (χ1) is 13.8. The zero-order chi connectivity index (χ0) is 20.8. The first kappa shape index (κ1) is 20.8. The fraction of sp³-hybridized carbons (Fsp3) is 0.550. The van der Waals surface area contributed by atoms with Crippen molar-refractivity contribution in [3.8, 4) is 5.75 Å². The van der Waals surface area contributed by atoms with Crippen LogP contribution in [0.4, 0.5) is 4.79 Å². The number of aromatic nitrogens is 1. The number of aromatic amines is 1. The highest BCUT2D eigenvalue weighted by molar-refractivity contribution is 9.10. The highest BCUT2D eigenvalue weighted by atomic mass is 79.9. The van der Waals surface area contributed by atoms with Gasteiger partial charge in [-0.15, -0.1) is 11.8 Å². The van der Waals surface area contributed by atoms with Crippen LogP contribution in [0.15, 0.2) is 16.6 Å². The summed E-state index contributed by atoms with van der Waals surface area (Å²) in [5.41, 5.74) is 2.82. The number of carbonyl (C=O) groups is 1. The standard InChI is InChI=1S/C20H26BrN3O4S/c1-20(2,3)28-19(25)23-15-9-29-10-27-24-6-5-11-12-7-16(26-4)13(21)8-14(12)22-17(11)18(15)24/h7-8,15,18,22H,5-6,9-10H2,1-4H3,(H,23,25)/t15-,18+/m1/s1. The van der Waals surface area contributed by atoms with Crippen LogP contribution in [0.25, 0.3) is 10.9 Å². The van der Waals surface area contributed by atoms with E-state index >= 15 is 0 Å². The number of alkyl carbamates (subject to hydrolysis) is 1. The van der Waals surface area contributed by atoms with Crippen molar-refractivity contribution >= 4 is 44.7 Å². The largest absolute Gasteiger partial charge is 0.496 e. The second-order valence-corrected chi connectivity index (χ2v) is 10.1. The fourth-order valence-electron chi connectivity index (χ4n) is 3.95. The lowest BCUT2D eigenvalue weighted by Crippen LogP contribution is -2.49. The number of rotatable bonds is 2. The maximum Gasteiger partial charge on any atom is 0.407 e. The number of ether oxygens (including phenoxy) is 2. The van der Waals surface area contributed by atoms with Crippen LogP contribution in [0.3, 0.4) is 0 Å². The number of hydrogen-bond donors (Lipinski definition) is 2. The van der Waals surface area contributed by atoms with Gasteiger partial charge >= 0.3 is 6.09 Å². The second kappa shape index (κ2) is 8.02. The number of methoxy groups -OCH3 is 1. The van der Waals surface area contributed by atoms with Crippen LogP contribution in [-0.2, 0) is 16.0 Å². The summed E-state index contributed by atoms with van der Waals surface area (Å²) in [7, 11) is 1.67. The monoisotopic (exact) mass is 483 g/mol. The molecule has 2 aliphatic heterocycles. The Kier molecular flexibility index (Phi) is 5.76. The van der Waals surface area contributed by atoms with Gasteiger partial charge in [-0.2, -0.15) is 5.06 Å². The van der Waals surface area contributed by atoms with Gasteiger partial charge in [-0.25, -0.2) is 4.79 Å². The van der Waals surface area contributed by atoms with Gasteiger partial charge in [0.15, 0.2) is 0 Å². The lowest BCUT2D eigenvalue weighted by molar-refractivity contribution is -0.177. The molecule has 158 valence electrons. The normalized spacial score (nSPS) is 22.5. The highest BCUT2D eigenvalue weighted by Crippen LogP contribution is 2.41. The van der Waals surface area contributed by atoms with Crippen molar-refractivity contribution in [3.63, 3.8) is 0 Å². The molecule has 3 heterocycles. The Morgan fingerprint density at radius 1 is 1.41 bits per heavy atom. The van der Waals surface area contributed by atoms with E-state index in [1.54, 1.807) is 18.9 Å². The van der Waals surface area contributed by atoms with E-state index in [1.165, 1.54) is 5.56 Å². The lowest BCUT2D eigenvalue weighted by atomic mass is 9.94. The molecule has 9 heteroatoms. The van der Waals surface area contributed by atoms with Crippen LogP contribution in [0.5, 0.6) is 5.75 Å². The van der Waals surface area contributed by atoms with Gasteiger partial charge in [-0.1, -0.05) is 0 Å². The molecule has 4 rings (SSSR count). The molecule has 1 amide bonds. The van der Waals surface area contributed by atoms with Crippen LogP contribution >= 0.6 is 27.7 Å². The van der Waals surface area contributed by atoms with Crippen LogP contribution in [-0.4, -0.2) is 53.1 Å². The molecule has 0 aliphatic carbocycles. The summed E-state index contributed by atoms with van der Waals surface area (Å²) < 4.78 is 11.9. The molecule has 0 bridgehead atoms. The number of nitrogens with one attached hydrogen (secondary N) is 2. The minimum atomic E-state index is -0.542. The molecular formula is C20H26BrN3O4S. The van der Waals surface area contributed by atoms with E-state index in [2.05, 4.69) is 32.3 Å². The highest BCUT2D eigenvalue weighted by Gasteiger charge is 2.40. The second-order valence-electron chi connectivity index (χ2n) is 8.26. The molecule has 7 nitrogen and oxygen atoms in total. The van der Waals surface area contributed by atoms with Crippen LogP contribution in [0, 0.1) is 0 Å². The molecule has 1 aromatic heterocycles. The van der Waals surface area contributed by atoms with Crippen molar-refractivity contribution in [2.24, 2.45) is 0 Å². The maximum absolute atomic E-state index is 12.5. The van der Waals surface area contributed by atoms with Crippen molar-refractivity contribution in [2.45, 2.75) is 44.9 Å². The number of hydrogen-bond acceptors (Lipinski definition) is 6. The predicted molar refractivity (Wildman–Crippen MR) is 117 cm³/mol. The molecule has 2 N–H and O–H groups in total. The van der Waals surface area contributed by atoms with Crippen LogP contribution < -0.4 is 10.1 Å². The number of nitrogens with zero attached hydrogens (tertiary/aromatic N) is 1. The summed E-state index contributed by atoms with van der Waals surface area (Å²) in [5, 5.41) is 6.21. The summed E-state index contributed by atoms with van der Waals surface area (Å²) in [4.78, 5) is 22.1. The van der Waals surface area contributed by atoms with Gasteiger partial charge in [0.1, 0.15) is 17.3 Å². The molecule has 2 aromatic rings. The van der Waals surface area contributed by atoms with Crippen LogP contribution in [0.1, 0.15) is 38.1 Å². The Morgan fingerprint density at radius 2 is 2.21 bits per heavy atom. The average molecular weight is 484 g/mol. The molecule has 2 aliphatic rings. The molecule has 1 fully saturated rings. The van der Waals surface area contributed by atoms with Gasteiger partial charge in [0, 0.05) is 28.9 Å². The Hall–Kier alpha value is -1.42. The van der Waals surface area contributed by atoms with Gasteiger partial charge in [0.25, 0.3) is 0 Å². The Morgan fingerprint density at radius 3 is 2.93 bits per heavy atom. The SMILES string of the molecule is COc1cc2c3c([nH]c2cc1Br)[C@@H]1[C@H](NC(=O)OC(C)(C)C)CSCON1CC3. The number of carbonyl (C=O) groups excluding carboxylic acids is 1. The summed E-state index contributed by atoms with van der Waals surface area (Å²) in [6, 6.07) is 3.85. The number of thioether (sulfide) groups is 1. The van der Waals surface area contributed by atoms with E-state index in [0.29, 0.717) is 5.94 Å². The quantitative estimate of drug-likeness (QED) is 0.660. The van der Waals surface area contributed by atoms with Gasteiger partial charge in [-0.05, 0) is 60.8 Å².